The molecule has 2 aromatic rings. The molecule has 2 aromatic carbocycles. The average Bonchev–Trinajstić information content (AvgIpc) is 2.92. The van der Waals surface area contributed by atoms with Gasteiger partial charge < -0.3 is 24.7 Å². The van der Waals surface area contributed by atoms with Crippen LogP contribution in [0.1, 0.15) is 5.56 Å². The molecule has 104 valence electrons. The Hall–Kier alpha value is -2.56. The topological polar surface area (TPSA) is 62.9 Å². The number of ether oxygens (including phenoxy) is 4. The Kier molecular flexibility index (Phi) is 3.25. The third kappa shape index (κ3) is 2.42. The number of methoxy groups -OCH3 is 1. The number of fused-ring (bicyclic) bond motifs is 1. The molecule has 0 unspecified atom stereocenters. The normalized spacial score (nSPS) is 12.2. The van der Waals surface area contributed by atoms with E-state index in [9.17, 15) is 0 Å². The van der Waals surface area contributed by atoms with E-state index in [1.165, 1.54) is 0 Å². The first kappa shape index (κ1) is 12.5. The fourth-order valence-electron chi connectivity index (χ4n) is 2.04. The predicted molar refractivity (Wildman–Crippen MR) is 74.3 cm³/mol. The standard InChI is InChI=1S/C15H15NO4/c1-17-13-4-2-11(16)6-10(13)8-18-12-3-5-14-15(7-12)20-9-19-14/h2-7H,8-9,16H2,1H3. The van der Waals surface area contributed by atoms with Gasteiger partial charge >= 0.3 is 0 Å². The van der Waals surface area contributed by atoms with E-state index in [4.69, 9.17) is 24.7 Å². The van der Waals surface area contributed by atoms with Crippen LogP contribution in [0.3, 0.4) is 0 Å². The summed E-state index contributed by atoms with van der Waals surface area (Å²) in [6.45, 7) is 0.621. The number of anilines is 1. The van der Waals surface area contributed by atoms with Gasteiger partial charge in [-0.2, -0.15) is 0 Å². The van der Waals surface area contributed by atoms with E-state index in [0.29, 0.717) is 23.8 Å². The summed E-state index contributed by atoms with van der Waals surface area (Å²) in [7, 11) is 1.62. The van der Waals surface area contributed by atoms with Gasteiger partial charge in [-0.15, -0.1) is 0 Å². The van der Waals surface area contributed by atoms with Crippen molar-refractivity contribution in [3.05, 3.63) is 42.0 Å². The molecular weight excluding hydrogens is 258 g/mol. The van der Waals surface area contributed by atoms with Gasteiger partial charge in [-0.05, 0) is 30.3 Å². The molecule has 20 heavy (non-hydrogen) atoms. The zero-order valence-electron chi connectivity index (χ0n) is 11.1. The summed E-state index contributed by atoms with van der Waals surface area (Å²) in [6.07, 6.45) is 0. The lowest BCUT2D eigenvalue weighted by Gasteiger charge is -2.11. The van der Waals surface area contributed by atoms with Crippen LogP contribution in [0.4, 0.5) is 5.69 Å². The van der Waals surface area contributed by atoms with E-state index in [1.807, 2.05) is 24.3 Å². The zero-order chi connectivity index (χ0) is 13.9. The molecule has 0 aliphatic carbocycles. The van der Waals surface area contributed by atoms with Crippen LogP contribution < -0.4 is 24.7 Å². The zero-order valence-corrected chi connectivity index (χ0v) is 11.1. The lowest BCUT2D eigenvalue weighted by Crippen LogP contribution is -2.00. The van der Waals surface area contributed by atoms with E-state index in [0.717, 1.165) is 17.1 Å². The van der Waals surface area contributed by atoms with E-state index in [-0.39, 0.29) is 6.79 Å². The molecule has 0 spiro atoms. The molecular formula is C15H15NO4. The molecule has 1 heterocycles. The smallest absolute Gasteiger partial charge is 0.231 e. The minimum atomic E-state index is 0.252. The van der Waals surface area contributed by atoms with Gasteiger partial charge in [0.05, 0.1) is 7.11 Å². The number of rotatable bonds is 4. The van der Waals surface area contributed by atoms with E-state index < -0.39 is 0 Å². The highest BCUT2D eigenvalue weighted by Crippen LogP contribution is 2.35. The summed E-state index contributed by atoms with van der Waals surface area (Å²) in [5.41, 5.74) is 7.35. The maximum absolute atomic E-state index is 5.78. The van der Waals surface area contributed by atoms with Gasteiger partial charge in [-0.25, -0.2) is 0 Å². The van der Waals surface area contributed by atoms with Crippen LogP contribution in [0.25, 0.3) is 0 Å². The Morgan fingerprint density at radius 3 is 2.80 bits per heavy atom. The van der Waals surface area contributed by atoms with Gasteiger partial charge in [0, 0.05) is 17.3 Å². The molecule has 3 rings (SSSR count). The molecule has 0 atom stereocenters. The second-order valence-corrected chi connectivity index (χ2v) is 4.38. The van der Waals surface area contributed by atoms with Gasteiger partial charge in [0.15, 0.2) is 11.5 Å². The van der Waals surface area contributed by atoms with Crippen molar-refractivity contribution < 1.29 is 18.9 Å². The second kappa shape index (κ2) is 5.21. The highest BCUT2D eigenvalue weighted by Gasteiger charge is 2.14. The monoisotopic (exact) mass is 273 g/mol. The molecule has 0 amide bonds. The third-order valence-electron chi connectivity index (χ3n) is 3.04. The average molecular weight is 273 g/mol. The lowest BCUT2D eigenvalue weighted by molar-refractivity contribution is 0.173. The summed E-state index contributed by atoms with van der Waals surface area (Å²) in [4.78, 5) is 0. The van der Waals surface area contributed by atoms with Crippen molar-refractivity contribution in [3.63, 3.8) is 0 Å². The van der Waals surface area contributed by atoms with E-state index in [2.05, 4.69) is 0 Å². The van der Waals surface area contributed by atoms with Crippen molar-refractivity contribution in [1.82, 2.24) is 0 Å². The third-order valence-corrected chi connectivity index (χ3v) is 3.04. The Balaban J connectivity index is 1.75. The fourth-order valence-corrected chi connectivity index (χ4v) is 2.04. The Labute approximate surface area is 116 Å². The van der Waals surface area contributed by atoms with E-state index in [1.54, 1.807) is 19.2 Å². The van der Waals surface area contributed by atoms with Crippen LogP contribution in [0.5, 0.6) is 23.0 Å². The van der Waals surface area contributed by atoms with Crippen LogP contribution >= 0.6 is 0 Å². The van der Waals surface area contributed by atoms with E-state index >= 15 is 0 Å². The van der Waals surface area contributed by atoms with Crippen molar-refractivity contribution >= 4 is 5.69 Å². The van der Waals surface area contributed by atoms with Crippen LogP contribution in [0.15, 0.2) is 36.4 Å². The maximum Gasteiger partial charge on any atom is 0.231 e. The first-order valence-corrected chi connectivity index (χ1v) is 6.21. The fraction of sp³-hybridized carbons (Fsp3) is 0.200. The Morgan fingerprint density at radius 1 is 1.10 bits per heavy atom. The van der Waals surface area contributed by atoms with Crippen LogP contribution in [-0.4, -0.2) is 13.9 Å². The SMILES string of the molecule is COc1ccc(N)cc1COc1ccc2c(c1)OCO2. The van der Waals surface area contributed by atoms with Gasteiger partial charge in [0.2, 0.25) is 6.79 Å². The van der Waals surface area contributed by atoms with Crippen LogP contribution in [0.2, 0.25) is 0 Å². The predicted octanol–water partition coefficient (Wildman–Crippen LogP) is 2.59. The maximum atomic E-state index is 5.78. The van der Waals surface area contributed by atoms with Gasteiger partial charge in [-0.1, -0.05) is 0 Å². The second-order valence-electron chi connectivity index (χ2n) is 4.38. The lowest BCUT2D eigenvalue weighted by atomic mass is 10.2. The number of nitrogen functional groups attached to an aromatic ring is 1. The van der Waals surface area contributed by atoms with Gasteiger partial charge in [0.25, 0.3) is 0 Å². The molecule has 5 nitrogen and oxygen atoms in total. The van der Waals surface area contributed by atoms with Crippen molar-refractivity contribution in [3.8, 4) is 23.0 Å². The summed E-state index contributed by atoms with van der Waals surface area (Å²) in [5, 5.41) is 0. The van der Waals surface area contributed by atoms with Crippen molar-refractivity contribution in [2.24, 2.45) is 0 Å². The molecule has 5 heteroatoms. The molecule has 0 radical (unpaired) electrons. The minimum absolute atomic E-state index is 0.252. The number of hydrogen-bond acceptors (Lipinski definition) is 5. The minimum Gasteiger partial charge on any atom is -0.496 e. The van der Waals surface area contributed by atoms with Gasteiger partial charge in [-0.3, -0.25) is 0 Å². The molecule has 0 aromatic heterocycles. The van der Waals surface area contributed by atoms with Crippen LogP contribution in [0, 0.1) is 0 Å². The number of hydrogen-bond donors (Lipinski definition) is 1. The summed E-state index contributed by atoms with van der Waals surface area (Å²) >= 11 is 0. The first-order valence-electron chi connectivity index (χ1n) is 6.21. The highest BCUT2D eigenvalue weighted by molar-refractivity contribution is 5.49. The molecule has 0 saturated carbocycles. The van der Waals surface area contributed by atoms with Crippen LogP contribution in [-0.2, 0) is 6.61 Å². The summed E-state index contributed by atoms with van der Waals surface area (Å²) in [5.74, 6) is 2.89. The Morgan fingerprint density at radius 2 is 1.95 bits per heavy atom. The van der Waals surface area contributed by atoms with Crippen molar-refractivity contribution in [2.45, 2.75) is 6.61 Å². The van der Waals surface area contributed by atoms with Gasteiger partial charge in [0.1, 0.15) is 18.1 Å². The molecule has 0 bridgehead atoms. The number of nitrogens with two attached hydrogens (primary N) is 1. The Bertz CT molecular complexity index is 627. The molecule has 1 aliphatic heterocycles. The highest BCUT2D eigenvalue weighted by atomic mass is 16.7. The summed E-state index contributed by atoms with van der Waals surface area (Å²) < 4.78 is 21.6. The van der Waals surface area contributed by atoms with Crippen molar-refractivity contribution in [2.75, 3.05) is 19.6 Å². The largest absolute Gasteiger partial charge is 0.496 e. The van der Waals surface area contributed by atoms with Crippen molar-refractivity contribution in [1.29, 1.82) is 0 Å². The molecule has 0 saturated heterocycles. The number of benzene rings is 2. The first-order chi connectivity index (χ1) is 9.76. The molecule has 1 aliphatic rings. The summed E-state index contributed by atoms with van der Waals surface area (Å²) in [6, 6.07) is 10.9. The molecule has 0 fully saturated rings. The molecule has 2 N–H and O–H groups in total. The quantitative estimate of drug-likeness (QED) is 0.867.